The lowest BCUT2D eigenvalue weighted by Gasteiger charge is -2.35. The predicted octanol–water partition coefficient (Wildman–Crippen LogP) is 1.96. The second-order valence-corrected chi connectivity index (χ2v) is 4.54. The minimum absolute atomic E-state index is 0.240. The summed E-state index contributed by atoms with van der Waals surface area (Å²) in [5, 5.41) is 0. The van der Waals surface area contributed by atoms with Gasteiger partial charge < -0.3 is 5.73 Å². The van der Waals surface area contributed by atoms with E-state index in [1.54, 1.807) is 0 Å². The Labute approximate surface area is 97.7 Å². The molecule has 2 N–H and O–H groups in total. The molecule has 1 saturated heterocycles. The van der Waals surface area contributed by atoms with Crippen LogP contribution in [0.2, 0.25) is 0 Å². The first-order chi connectivity index (χ1) is 7.81. The summed E-state index contributed by atoms with van der Waals surface area (Å²) in [6.07, 6.45) is 5.54. The fourth-order valence-electron chi connectivity index (χ4n) is 2.40. The summed E-state index contributed by atoms with van der Waals surface area (Å²) in [6, 6.07) is 6.19. The van der Waals surface area contributed by atoms with E-state index in [2.05, 4.69) is 28.9 Å². The molecule has 0 unspecified atom stereocenters. The standard InChI is InChI=1S/C13H21N3/c1-2-13(14)16-9-6-11(7-10-16)12-5-3-4-8-15-12/h3-5,8,11,13H,2,6-7,9-10,14H2,1H3/t13-/m0/s1. The van der Waals surface area contributed by atoms with Gasteiger partial charge in [-0.3, -0.25) is 9.88 Å². The number of aromatic nitrogens is 1. The molecule has 1 atom stereocenters. The largest absolute Gasteiger partial charge is 0.316 e. The van der Waals surface area contributed by atoms with Crippen LogP contribution in [0.3, 0.4) is 0 Å². The molecule has 0 spiro atoms. The monoisotopic (exact) mass is 219 g/mol. The Morgan fingerprint density at radius 3 is 2.75 bits per heavy atom. The predicted molar refractivity (Wildman–Crippen MR) is 66.1 cm³/mol. The summed E-state index contributed by atoms with van der Waals surface area (Å²) in [6.45, 7) is 4.36. The van der Waals surface area contributed by atoms with Crippen LogP contribution in [-0.2, 0) is 0 Å². The lowest BCUT2D eigenvalue weighted by atomic mass is 9.93. The number of piperidine rings is 1. The van der Waals surface area contributed by atoms with Crippen molar-refractivity contribution in [3.63, 3.8) is 0 Å². The SMILES string of the molecule is CC[C@@H](N)N1CCC(c2ccccn2)CC1. The van der Waals surface area contributed by atoms with Crippen molar-refractivity contribution in [3.8, 4) is 0 Å². The molecule has 0 aliphatic carbocycles. The van der Waals surface area contributed by atoms with Crippen molar-refractivity contribution < 1.29 is 0 Å². The van der Waals surface area contributed by atoms with Crippen LogP contribution in [0.15, 0.2) is 24.4 Å². The van der Waals surface area contributed by atoms with Gasteiger partial charge in [0.25, 0.3) is 0 Å². The summed E-state index contributed by atoms with van der Waals surface area (Å²) in [4.78, 5) is 6.83. The maximum atomic E-state index is 6.04. The Morgan fingerprint density at radius 1 is 1.44 bits per heavy atom. The van der Waals surface area contributed by atoms with Crippen molar-refractivity contribution in [2.45, 2.75) is 38.3 Å². The normalized spacial score (nSPS) is 20.9. The fourth-order valence-corrected chi connectivity index (χ4v) is 2.40. The first kappa shape index (κ1) is 11.6. The minimum Gasteiger partial charge on any atom is -0.316 e. The van der Waals surface area contributed by atoms with Gasteiger partial charge in [-0.1, -0.05) is 13.0 Å². The zero-order valence-corrected chi connectivity index (χ0v) is 9.97. The maximum Gasteiger partial charge on any atom is 0.0569 e. The van der Waals surface area contributed by atoms with Gasteiger partial charge in [0.15, 0.2) is 0 Å². The molecule has 0 bridgehead atoms. The zero-order valence-electron chi connectivity index (χ0n) is 9.97. The smallest absolute Gasteiger partial charge is 0.0569 e. The van der Waals surface area contributed by atoms with Crippen LogP contribution in [-0.4, -0.2) is 29.1 Å². The molecule has 2 heterocycles. The second-order valence-electron chi connectivity index (χ2n) is 4.54. The molecule has 3 heteroatoms. The van der Waals surface area contributed by atoms with Crippen LogP contribution < -0.4 is 5.73 Å². The molecule has 1 fully saturated rings. The van der Waals surface area contributed by atoms with Gasteiger partial charge in [0.05, 0.1) is 6.17 Å². The van der Waals surface area contributed by atoms with E-state index < -0.39 is 0 Å². The van der Waals surface area contributed by atoms with Crippen LogP contribution in [0.25, 0.3) is 0 Å². The molecule has 16 heavy (non-hydrogen) atoms. The number of rotatable bonds is 3. The van der Waals surface area contributed by atoms with Crippen molar-refractivity contribution in [3.05, 3.63) is 30.1 Å². The van der Waals surface area contributed by atoms with Crippen molar-refractivity contribution in [2.75, 3.05) is 13.1 Å². The lowest BCUT2D eigenvalue weighted by Crippen LogP contribution is -2.45. The molecule has 0 amide bonds. The number of hydrogen-bond acceptors (Lipinski definition) is 3. The van der Waals surface area contributed by atoms with E-state index in [-0.39, 0.29) is 6.17 Å². The Balaban J connectivity index is 1.91. The molecule has 3 nitrogen and oxygen atoms in total. The van der Waals surface area contributed by atoms with Crippen LogP contribution in [0.5, 0.6) is 0 Å². The van der Waals surface area contributed by atoms with Gasteiger partial charge >= 0.3 is 0 Å². The molecule has 0 radical (unpaired) electrons. The molecule has 0 aromatic carbocycles. The average Bonchev–Trinajstić information content (AvgIpc) is 2.39. The topological polar surface area (TPSA) is 42.1 Å². The van der Waals surface area contributed by atoms with Gasteiger partial charge in [0.1, 0.15) is 0 Å². The quantitative estimate of drug-likeness (QED) is 0.845. The highest BCUT2D eigenvalue weighted by Gasteiger charge is 2.23. The molecule has 1 aromatic heterocycles. The average molecular weight is 219 g/mol. The zero-order chi connectivity index (χ0) is 11.4. The van der Waals surface area contributed by atoms with E-state index in [0.29, 0.717) is 5.92 Å². The van der Waals surface area contributed by atoms with Gasteiger partial charge in [-0.25, -0.2) is 0 Å². The highest BCUT2D eigenvalue weighted by atomic mass is 15.2. The third-order valence-electron chi connectivity index (χ3n) is 3.52. The third kappa shape index (κ3) is 2.60. The van der Waals surface area contributed by atoms with E-state index in [9.17, 15) is 0 Å². The Kier molecular flexibility index (Phi) is 3.91. The van der Waals surface area contributed by atoms with Crippen molar-refractivity contribution in [2.24, 2.45) is 5.73 Å². The summed E-state index contributed by atoms with van der Waals surface area (Å²) in [7, 11) is 0. The summed E-state index contributed by atoms with van der Waals surface area (Å²) < 4.78 is 0. The molecule has 2 rings (SSSR count). The van der Waals surface area contributed by atoms with Crippen molar-refractivity contribution in [1.29, 1.82) is 0 Å². The summed E-state index contributed by atoms with van der Waals surface area (Å²) >= 11 is 0. The van der Waals surface area contributed by atoms with Gasteiger partial charge in [-0.05, 0) is 31.4 Å². The first-order valence-electron chi connectivity index (χ1n) is 6.21. The number of nitrogens with zero attached hydrogens (tertiary/aromatic N) is 2. The van der Waals surface area contributed by atoms with Crippen LogP contribution in [0, 0.1) is 0 Å². The van der Waals surface area contributed by atoms with E-state index in [1.807, 2.05) is 12.3 Å². The molecular weight excluding hydrogens is 198 g/mol. The molecule has 88 valence electrons. The molecule has 1 aliphatic rings. The van der Waals surface area contributed by atoms with Crippen LogP contribution in [0.1, 0.15) is 37.8 Å². The Hall–Kier alpha value is -0.930. The number of hydrogen-bond donors (Lipinski definition) is 1. The second kappa shape index (κ2) is 5.41. The lowest BCUT2D eigenvalue weighted by molar-refractivity contribution is 0.150. The minimum atomic E-state index is 0.240. The van der Waals surface area contributed by atoms with Gasteiger partial charge in [0.2, 0.25) is 0 Å². The van der Waals surface area contributed by atoms with E-state index >= 15 is 0 Å². The van der Waals surface area contributed by atoms with E-state index in [1.165, 1.54) is 18.5 Å². The Bertz CT molecular complexity index is 304. The van der Waals surface area contributed by atoms with Gasteiger partial charge in [0, 0.05) is 30.9 Å². The molecular formula is C13H21N3. The van der Waals surface area contributed by atoms with Crippen molar-refractivity contribution in [1.82, 2.24) is 9.88 Å². The fraction of sp³-hybridized carbons (Fsp3) is 0.615. The highest BCUT2D eigenvalue weighted by Crippen LogP contribution is 2.26. The number of likely N-dealkylation sites (tertiary alicyclic amines) is 1. The molecule has 1 aliphatic heterocycles. The Morgan fingerprint density at radius 2 is 2.19 bits per heavy atom. The first-order valence-corrected chi connectivity index (χ1v) is 6.21. The molecule has 0 saturated carbocycles. The number of nitrogens with two attached hydrogens (primary N) is 1. The molecule has 1 aromatic rings. The van der Waals surface area contributed by atoms with E-state index in [4.69, 9.17) is 5.73 Å². The van der Waals surface area contributed by atoms with Crippen molar-refractivity contribution >= 4 is 0 Å². The summed E-state index contributed by atoms with van der Waals surface area (Å²) in [5.74, 6) is 0.626. The van der Waals surface area contributed by atoms with Gasteiger partial charge in [-0.2, -0.15) is 0 Å². The van der Waals surface area contributed by atoms with Gasteiger partial charge in [-0.15, -0.1) is 0 Å². The van der Waals surface area contributed by atoms with E-state index in [0.717, 1.165) is 19.5 Å². The number of pyridine rings is 1. The van der Waals surface area contributed by atoms with Crippen LogP contribution in [0.4, 0.5) is 0 Å². The highest BCUT2D eigenvalue weighted by molar-refractivity contribution is 5.10. The third-order valence-corrected chi connectivity index (χ3v) is 3.52. The summed E-state index contributed by atoms with van der Waals surface area (Å²) in [5.41, 5.74) is 7.28. The maximum absolute atomic E-state index is 6.04. The van der Waals surface area contributed by atoms with Crippen LogP contribution >= 0.6 is 0 Å².